The van der Waals surface area contributed by atoms with E-state index in [1.165, 1.54) is 30.3 Å². The fourth-order valence-electron chi connectivity index (χ4n) is 2.99. The number of fused-ring (bicyclic) bond motifs is 1. The van der Waals surface area contributed by atoms with Crippen LogP contribution in [0, 0.1) is 23.3 Å². The minimum Gasteiger partial charge on any atom is -0.233 e. The topological polar surface area (TPSA) is 47.0 Å². The van der Waals surface area contributed by atoms with Crippen molar-refractivity contribution >= 4 is 20.7 Å². The second kappa shape index (κ2) is 6.97. The molecule has 0 amide bonds. The summed E-state index contributed by atoms with van der Waals surface area (Å²) in [5, 5.41) is -0.404. The molecule has 0 unspecified atom stereocenters. The van der Waals surface area contributed by atoms with Crippen molar-refractivity contribution in [2.75, 3.05) is 0 Å². The van der Waals surface area contributed by atoms with Gasteiger partial charge < -0.3 is 0 Å². The summed E-state index contributed by atoms with van der Waals surface area (Å²) in [4.78, 5) is 3.33. The number of aromatic nitrogens is 1. The lowest BCUT2D eigenvalue weighted by Crippen LogP contribution is -2.07. The molecule has 29 heavy (non-hydrogen) atoms. The Morgan fingerprint density at radius 2 is 1.38 bits per heavy atom. The molecule has 8 heteroatoms. The van der Waals surface area contributed by atoms with Gasteiger partial charge in [-0.25, -0.2) is 31.0 Å². The van der Waals surface area contributed by atoms with E-state index in [-0.39, 0.29) is 22.0 Å². The Kier molecular flexibility index (Phi) is 4.58. The molecule has 0 aliphatic heterocycles. The van der Waals surface area contributed by atoms with Crippen molar-refractivity contribution in [3.63, 3.8) is 0 Å². The normalized spacial score (nSPS) is 11.7. The van der Waals surface area contributed by atoms with E-state index in [1.807, 2.05) is 0 Å². The third-order valence-corrected chi connectivity index (χ3v) is 6.04. The molecule has 0 spiro atoms. The van der Waals surface area contributed by atoms with E-state index in [4.69, 9.17) is 0 Å². The Balaban J connectivity index is 2.05. The predicted molar refractivity (Wildman–Crippen MR) is 98.9 cm³/mol. The number of para-hydroxylation sites is 1. The zero-order chi connectivity index (χ0) is 20.8. The number of nitrogens with zero attached hydrogens (tertiary/aromatic N) is 1. The van der Waals surface area contributed by atoms with Gasteiger partial charge in [-0.1, -0.05) is 30.3 Å². The van der Waals surface area contributed by atoms with Gasteiger partial charge in [0.1, 0.15) is 17.2 Å². The Bertz CT molecular complexity index is 1370. The molecule has 1 aromatic heterocycles. The van der Waals surface area contributed by atoms with Crippen molar-refractivity contribution < 1.29 is 26.0 Å². The molecule has 0 atom stereocenters. The van der Waals surface area contributed by atoms with Crippen LogP contribution in [0.25, 0.3) is 22.0 Å². The van der Waals surface area contributed by atoms with Gasteiger partial charge in [-0.15, -0.1) is 0 Å². The van der Waals surface area contributed by atoms with Gasteiger partial charge in [0.2, 0.25) is 9.84 Å². The van der Waals surface area contributed by atoms with Crippen molar-refractivity contribution in [3.05, 3.63) is 90.0 Å². The highest BCUT2D eigenvalue weighted by Crippen LogP contribution is 2.34. The van der Waals surface area contributed by atoms with Crippen molar-refractivity contribution in [2.45, 2.75) is 9.92 Å². The molecule has 146 valence electrons. The van der Waals surface area contributed by atoms with Crippen molar-refractivity contribution in [2.24, 2.45) is 0 Å². The Morgan fingerprint density at radius 3 is 2.10 bits per heavy atom. The fraction of sp³-hybridized carbons (Fsp3) is 0. The third kappa shape index (κ3) is 3.25. The first kappa shape index (κ1) is 19.1. The highest BCUT2D eigenvalue weighted by Gasteiger charge is 2.24. The molecule has 0 saturated carbocycles. The van der Waals surface area contributed by atoms with Gasteiger partial charge in [-0.2, -0.15) is 0 Å². The molecule has 3 nitrogen and oxygen atoms in total. The van der Waals surface area contributed by atoms with E-state index in [0.29, 0.717) is 12.1 Å². The van der Waals surface area contributed by atoms with Gasteiger partial charge in [0.05, 0.1) is 4.90 Å². The zero-order valence-electron chi connectivity index (χ0n) is 14.5. The first-order valence-corrected chi connectivity index (χ1v) is 9.81. The molecule has 0 saturated heterocycles. The summed E-state index contributed by atoms with van der Waals surface area (Å²) in [6, 6.07) is 12.7. The number of halogens is 4. The monoisotopic (exact) mass is 417 g/mol. The Labute approximate surface area is 163 Å². The molecule has 1 heterocycles. The zero-order valence-corrected chi connectivity index (χ0v) is 15.4. The molecule has 0 aliphatic carbocycles. The molecular weight excluding hydrogens is 406 g/mol. The Hall–Kier alpha value is -3.26. The van der Waals surface area contributed by atoms with Crippen LogP contribution in [-0.4, -0.2) is 13.4 Å². The molecule has 4 aromatic rings. The summed E-state index contributed by atoms with van der Waals surface area (Å²) in [7, 11) is -4.44. The lowest BCUT2D eigenvalue weighted by atomic mass is 10.0. The van der Waals surface area contributed by atoms with Crippen LogP contribution in [0.5, 0.6) is 0 Å². The molecule has 0 aliphatic rings. The maximum Gasteiger partial charge on any atom is 0.223 e. The lowest BCUT2D eigenvalue weighted by Gasteiger charge is -2.12. The first-order valence-electron chi connectivity index (χ1n) is 8.33. The van der Waals surface area contributed by atoms with Crippen LogP contribution in [0.3, 0.4) is 0 Å². The van der Waals surface area contributed by atoms with E-state index in [1.54, 1.807) is 6.07 Å². The summed E-state index contributed by atoms with van der Waals surface area (Å²) in [6.45, 7) is 0. The molecule has 0 N–H and O–H groups in total. The van der Waals surface area contributed by atoms with Gasteiger partial charge in [0.15, 0.2) is 16.7 Å². The second-order valence-electron chi connectivity index (χ2n) is 6.20. The maximum atomic E-state index is 14.4. The molecule has 4 rings (SSSR count). The van der Waals surface area contributed by atoms with Crippen LogP contribution in [0.15, 0.2) is 76.7 Å². The summed E-state index contributed by atoms with van der Waals surface area (Å²) < 4.78 is 81.5. The SMILES string of the molecule is O=S(=O)(c1ccc(F)c(F)c1)c1cc(-c2ccccc2F)c2cccc(F)c2n1. The molecule has 0 radical (unpaired) electrons. The average Bonchev–Trinajstić information content (AvgIpc) is 2.70. The number of hydrogen-bond donors (Lipinski definition) is 0. The predicted octanol–water partition coefficient (Wildman–Crippen LogP) is 5.29. The maximum absolute atomic E-state index is 14.4. The van der Waals surface area contributed by atoms with Gasteiger partial charge in [-0.3, -0.25) is 0 Å². The van der Waals surface area contributed by atoms with Crippen LogP contribution in [0.2, 0.25) is 0 Å². The molecular formula is C21H11F4NO2S. The van der Waals surface area contributed by atoms with Crippen LogP contribution in [-0.2, 0) is 9.84 Å². The van der Waals surface area contributed by atoms with Crippen molar-refractivity contribution in [1.29, 1.82) is 0 Å². The molecule has 0 bridgehead atoms. The van der Waals surface area contributed by atoms with E-state index in [2.05, 4.69) is 4.98 Å². The number of rotatable bonds is 3. The fourth-order valence-corrected chi connectivity index (χ4v) is 4.23. The summed E-state index contributed by atoms with van der Waals surface area (Å²) >= 11 is 0. The summed E-state index contributed by atoms with van der Waals surface area (Å²) in [5.41, 5.74) is -0.129. The average molecular weight is 417 g/mol. The number of sulfone groups is 1. The van der Waals surface area contributed by atoms with E-state index in [9.17, 15) is 26.0 Å². The lowest BCUT2D eigenvalue weighted by molar-refractivity contribution is 0.504. The minimum absolute atomic E-state index is 0.0484. The summed E-state index contributed by atoms with van der Waals surface area (Å²) in [5.74, 6) is -4.01. The van der Waals surface area contributed by atoms with Crippen LogP contribution >= 0.6 is 0 Å². The number of benzene rings is 3. The Morgan fingerprint density at radius 1 is 0.655 bits per heavy atom. The van der Waals surface area contributed by atoms with E-state index >= 15 is 0 Å². The second-order valence-corrected chi connectivity index (χ2v) is 8.10. The van der Waals surface area contributed by atoms with Crippen molar-refractivity contribution in [3.8, 4) is 11.1 Å². The van der Waals surface area contributed by atoms with Crippen molar-refractivity contribution in [1.82, 2.24) is 4.98 Å². The van der Waals surface area contributed by atoms with Gasteiger partial charge >= 0.3 is 0 Å². The van der Waals surface area contributed by atoms with Crippen LogP contribution in [0.4, 0.5) is 17.6 Å². The van der Waals surface area contributed by atoms with Gasteiger partial charge in [0, 0.05) is 10.9 Å². The number of hydrogen-bond acceptors (Lipinski definition) is 3. The quantitative estimate of drug-likeness (QED) is 0.336. The first-order chi connectivity index (χ1) is 13.8. The van der Waals surface area contributed by atoms with E-state index < -0.39 is 43.0 Å². The van der Waals surface area contributed by atoms with Crippen LogP contribution in [0.1, 0.15) is 0 Å². The third-order valence-electron chi connectivity index (χ3n) is 4.41. The summed E-state index contributed by atoms with van der Waals surface area (Å²) in [6.07, 6.45) is 0. The smallest absolute Gasteiger partial charge is 0.223 e. The van der Waals surface area contributed by atoms with Gasteiger partial charge in [0.25, 0.3) is 0 Å². The largest absolute Gasteiger partial charge is 0.233 e. The standard InChI is InChI=1S/C21H11F4NO2S/c22-16-6-2-1-4-13(16)15-11-20(26-21-14(15)5-3-7-18(21)24)29(27,28)12-8-9-17(23)19(25)10-12/h1-11H. The van der Waals surface area contributed by atoms with E-state index in [0.717, 1.165) is 18.2 Å². The van der Waals surface area contributed by atoms with Crippen LogP contribution < -0.4 is 0 Å². The highest BCUT2D eigenvalue weighted by atomic mass is 32.2. The molecule has 3 aromatic carbocycles. The number of pyridine rings is 1. The van der Waals surface area contributed by atoms with Gasteiger partial charge in [-0.05, 0) is 42.0 Å². The minimum atomic E-state index is -4.44. The highest BCUT2D eigenvalue weighted by molar-refractivity contribution is 7.91. The molecule has 0 fully saturated rings.